The first-order valence-corrected chi connectivity index (χ1v) is 6.49. The molecule has 0 amide bonds. The van der Waals surface area contributed by atoms with Crippen molar-refractivity contribution in [3.8, 4) is 0 Å². The Morgan fingerprint density at radius 3 is 2.85 bits per heavy atom. The summed E-state index contributed by atoms with van der Waals surface area (Å²) in [5, 5.41) is 21.2. The van der Waals surface area contributed by atoms with Crippen LogP contribution in [0.2, 0.25) is 5.02 Å². The van der Waals surface area contributed by atoms with Crippen molar-refractivity contribution >= 4 is 17.6 Å². The van der Waals surface area contributed by atoms with E-state index in [-0.39, 0.29) is 6.54 Å². The van der Waals surface area contributed by atoms with E-state index in [1.807, 2.05) is 18.2 Å². The lowest BCUT2D eigenvalue weighted by molar-refractivity contribution is -0.147. The molecule has 0 aliphatic heterocycles. The maximum absolute atomic E-state index is 11.2. The molecular weight excluding hydrogens is 280 g/mol. The molecule has 7 heteroatoms. The first-order chi connectivity index (χ1) is 9.38. The van der Waals surface area contributed by atoms with Crippen LogP contribution in [0.15, 0.2) is 24.3 Å². The van der Waals surface area contributed by atoms with Crippen molar-refractivity contribution < 1.29 is 9.90 Å². The largest absolute Gasteiger partial charge is 0.481 e. The zero-order valence-electron chi connectivity index (χ0n) is 11.2. The average Bonchev–Trinajstić information content (AvgIpc) is 2.75. The highest BCUT2D eigenvalue weighted by atomic mass is 35.5. The van der Waals surface area contributed by atoms with Crippen LogP contribution in [-0.2, 0) is 17.8 Å². The number of hydrogen-bond acceptors (Lipinski definition) is 4. The molecule has 20 heavy (non-hydrogen) atoms. The fourth-order valence-electron chi connectivity index (χ4n) is 1.74. The smallest absolute Gasteiger partial charge is 0.310 e. The van der Waals surface area contributed by atoms with Gasteiger partial charge < -0.3 is 5.11 Å². The number of benzene rings is 1. The molecule has 0 spiro atoms. The maximum Gasteiger partial charge on any atom is 0.310 e. The Kier molecular flexibility index (Phi) is 4.04. The summed E-state index contributed by atoms with van der Waals surface area (Å²) in [5.41, 5.74) is 0.0417. The Morgan fingerprint density at radius 2 is 2.20 bits per heavy atom. The Labute approximate surface area is 121 Å². The first-order valence-electron chi connectivity index (χ1n) is 6.11. The average molecular weight is 295 g/mol. The van der Waals surface area contributed by atoms with Crippen molar-refractivity contribution in [2.45, 2.75) is 26.8 Å². The van der Waals surface area contributed by atoms with Crippen molar-refractivity contribution in [2.24, 2.45) is 5.41 Å². The van der Waals surface area contributed by atoms with Crippen LogP contribution >= 0.6 is 11.6 Å². The van der Waals surface area contributed by atoms with Gasteiger partial charge in [0.25, 0.3) is 0 Å². The topological polar surface area (TPSA) is 80.9 Å². The Balaban J connectivity index is 2.19. The minimum absolute atomic E-state index is 0.214. The van der Waals surface area contributed by atoms with E-state index >= 15 is 0 Å². The second-order valence-corrected chi connectivity index (χ2v) is 5.68. The molecule has 0 saturated carbocycles. The standard InChI is InChI=1S/C13H15ClN4O2/c1-13(2,12(19)20)8-18-11(15-16-17-18)7-9-4-3-5-10(14)6-9/h3-6H,7-8H2,1-2H3,(H,19,20). The van der Waals surface area contributed by atoms with Gasteiger partial charge in [-0.2, -0.15) is 0 Å². The maximum atomic E-state index is 11.2. The SMILES string of the molecule is CC(C)(Cn1nnnc1Cc1cccc(Cl)c1)C(=O)O. The van der Waals surface area contributed by atoms with Gasteiger partial charge >= 0.3 is 5.97 Å². The number of halogens is 1. The summed E-state index contributed by atoms with van der Waals surface area (Å²) in [6.45, 7) is 3.49. The van der Waals surface area contributed by atoms with Gasteiger partial charge in [0.05, 0.1) is 12.0 Å². The minimum atomic E-state index is -0.932. The van der Waals surface area contributed by atoms with Crippen LogP contribution in [-0.4, -0.2) is 31.3 Å². The lowest BCUT2D eigenvalue weighted by Gasteiger charge is -2.19. The molecule has 2 aromatic rings. The van der Waals surface area contributed by atoms with Gasteiger partial charge in [0, 0.05) is 11.4 Å². The third kappa shape index (κ3) is 3.33. The molecular formula is C13H15ClN4O2. The van der Waals surface area contributed by atoms with E-state index in [0.29, 0.717) is 17.3 Å². The molecule has 0 bridgehead atoms. The van der Waals surface area contributed by atoms with E-state index in [1.165, 1.54) is 4.68 Å². The van der Waals surface area contributed by atoms with E-state index < -0.39 is 11.4 Å². The summed E-state index contributed by atoms with van der Waals surface area (Å²) in [7, 11) is 0. The van der Waals surface area contributed by atoms with Crippen molar-refractivity contribution in [1.82, 2.24) is 20.2 Å². The Morgan fingerprint density at radius 1 is 1.45 bits per heavy atom. The second kappa shape index (κ2) is 5.58. The lowest BCUT2D eigenvalue weighted by atomic mass is 9.94. The molecule has 0 unspecified atom stereocenters. The van der Waals surface area contributed by atoms with Crippen LogP contribution in [0.3, 0.4) is 0 Å². The summed E-state index contributed by atoms with van der Waals surface area (Å²) < 4.78 is 1.52. The van der Waals surface area contributed by atoms with Gasteiger partial charge in [0.1, 0.15) is 0 Å². The second-order valence-electron chi connectivity index (χ2n) is 5.25. The molecule has 2 rings (SSSR count). The van der Waals surface area contributed by atoms with Crippen LogP contribution in [0.4, 0.5) is 0 Å². The van der Waals surface area contributed by atoms with Gasteiger partial charge in [0.15, 0.2) is 5.82 Å². The molecule has 6 nitrogen and oxygen atoms in total. The number of aliphatic carboxylic acids is 1. The van der Waals surface area contributed by atoms with Crippen LogP contribution in [0, 0.1) is 5.41 Å². The lowest BCUT2D eigenvalue weighted by Crippen LogP contribution is -2.30. The van der Waals surface area contributed by atoms with Crippen LogP contribution in [0.1, 0.15) is 25.2 Å². The summed E-state index contributed by atoms with van der Waals surface area (Å²) in [6.07, 6.45) is 0.503. The zero-order valence-corrected chi connectivity index (χ0v) is 12.0. The third-order valence-corrected chi connectivity index (χ3v) is 3.22. The molecule has 1 N–H and O–H groups in total. The number of carbonyl (C=O) groups is 1. The molecule has 0 aliphatic carbocycles. The van der Waals surface area contributed by atoms with Gasteiger partial charge in [-0.25, -0.2) is 4.68 Å². The van der Waals surface area contributed by atoms with E-state index in [0.717, 1.165) is 5.56 Å². The Hall–Kier alpha value is -1.95. The molecule has 0 aliphatic rings. The van der Waals surface area contributed by atoms with Gasteiger partial charge in [-0.1, -0.05) is 23.7 Å². The fraction of sp³-hybridized carbons (Fsp3) is 0.385. The zero-order chi connectivity index (χ0) is 14.8. The molecule has 0 saturated heterocycles. The van der Waals surface area contributed by atoms with Gasteiger partial charge in [-0.3, -0.25) is 4.79 Å². The number of hydrogen-bond donors (Lipinski definition) is 1. The number of carboxylic acid groups (broad SMARTS) is 1. The number of tetrazole rings is 1. The van der Waals surface area contributed by atoms with Crippen molar-refractivity contribution in [1.29, 1.82) is 0 Å². The van der Waals surface area contributed by atoms with E-state index in [1.54, 1.807) is 19.9 Å². The van der Waals surface area contributed by atoms with Crippen molar-refractivity contribution in [3.05, 3.63) is 40.7 Å². The number of rotatable bonds is 5. The molecule has 1 heterocycles. The van der Waals surface area contributed by atoms with E-state index in [2.05, 4.69) is 15.5 Å². The minimum Gasteiger partial charge on any atom is -0.481 e. The highest BCUT2D eigenvalue weighted by Gasteiger charge is 2.29. The molecule has 0 fully saturated rings. The van der Waals surface area contributed by atoms with Crippen LogP contribution in [0.25, 0.3) is 0 Å². The summed E-state index contributed by atoms with van der Waals surface area (Å²) in [5.74, 6) is -0.275. The van der Waals surface area contributed by atoms with Gasteiger partial charge in [-0.05, 0) is 42.0 Å². The van der Waals surface area contributed by atoms with Crippen LogP contribution < -0.4 is 0 Å². The number of carboxylic acids is 1. The van der Waals surface area contributed by atoms with Crippen LogP contribution in [0.5, 0.6) is 0 Å². The van der Waals surface area contributed by atoms with Crippen molar-refractivity contribution in [3.63, 3.8) is 0 Å². The van der Waals surface area contributed by atoms with Gasteiger partial charge in [0.2, 0.25) is 0 Å². The quantitative estimate of drug-likeness (QED) is 0.912. The predicted molar refractivity (Wildman–Crippen MR) is 73.5 cm³/mol. The van der Waals surface area contributed by atoms with E-state index in [4.69, 9.17) is 16.7 Å². The highest BCUT2D eigenvalue weighted by Crippen LogP contribution is 2.19. The molecule has 1 aromatic heterocycles. The summed E-state index contributed by atoms with van der Waals surface area (Å²) in [4.78, 5) is 11.2. The molecule has 0 atom stereocenters. The summed E-state index contributed by atoms with van der Waals surface area (Å²) >= 11 is 5.94. The third-order valence-electron chi connectivity index (χ3n) is 2.98. The normalized spacial score (nSPS) is 11.6. The predicted octanol–water partition coefficient (Wildman–Crippen LogP) is 2.03. The van der Waals surface area contributed by atoms with Crippen molar-refractivity contribution in [2.75, 3.05) is 0 Å². The fourth-order valence-corrected chi connectivity index (χ4v) is 1.96. The monoisotopic (exact) mass is 294 g/mol. The van der Waals surface area contributed by atoms with Gasteiger partial charge in [-0.15, -0.1) is 5.10 Å². The summed E-state index contributed by atoms with van der Waals surface area (Å²) in [6, 6.07) is 7.41. The molecule has 1 aromatic carbocycles. The highest BCUT2D eigenvalue weighted by molar-refractivity contribution is 6.30. The number of aromatic nitrogens is 4. The molecule has 106 valence electrons. The molecule has 0 radical (unpaired) electrons. The first kappa shape index (κ1) is 14.5. The Bertz CT molecular complexity index is 624. The number of nitrogens with zero attached hydrogens (tertiary/aromatic N) is 4. The van der Waals surface area contributed by atoms with E-state index in [9.17, 15) is 4.79 Å².